The van der Waals surface area contributed by atoms with Gasteiger partial charge in [-0.1, -0.05) is 32.0 Å². The van der Waals surface area contributed by atoms with Crippen molar-refractivity contribution in [1.29, 1.82) is 0 Å². The van der Waals surface area contributed by atoms with Crippen molar-refractivity contribution in [2.24, 2.45) is 5.41 Å². The van der Waals surface area contributed by atoms with Gasteiger partial charge in [0.2, 0.25) is 0 Å². The number of hydrogen-bond donors (Lipinski definition) is 1. The van der Waals surface area contributed by atoms with E-state index in [1.54, 1.807) is 17.7 Å². The zero-order valence-electron chi connectivity index (χ0n) is 20.8. The predicted molar refractivity (Wildman–Crippen MR) is 149 cm³/mol. The molecule has 0 bridgehead atoms. The van der Waals surface area contributed by atoms with Crippen LogP contribution in [0.3, 0.4) is 0 Å². The van der Waals surface area contributed by atoms with Crippen LogP contribution in [0.25, 0.3) is 31.3 Å². The number of aromatic nitrogens is 4. The molecule has 5 heterocycles. The Kier molecular flexibility index (Phi) is 5.10. The Labute approximate surface area is 214 Å². The molecule has 4 aromatic heterocycles. The van der Waals surface area contributed by atoms with Crippen molar-refractivity contribution in [3.05, 3.63) is 59.5 Å². The van der Waals surface area contributed by atoms with Gasteiger partial charge in [0.25, 0.3) is 0 Å². The van der Waals surface area contributed by atoms with Gasteiger partial charge in [0.1, 0.15) is 22.8 Å². The number of benzene rings is 1. The van der Waals surface area contributed by atoms with Crippen molar-refractivity contribution in [3.63, 3.8) is 0 Å². The Morgan fingerprint density at radius 3 is 2.78 bits per heavy atom. The molecule has 7 heteroatoms. The fourth-order valence-electron chi connectivity index (χ4n) is 5.99. The number of fused-ring (bicyclic) bond motifs is 6. The summed E-state index contributed by atoms with van der Waals surface area (Å²) in [6.07, 6.45) is 9.48. The first-order valence-corrected chi connectivity index (χ1v) is 13.8. The smallest absolute Gasteiger partial charge is 0.147 e. The van der Waals surface area contributed by atoms with E-state index in [1.165, 1.54) is 52.5 Å². The molecule has 1 aromatic carbocycles. The molecule has 1 N–H and O–H groups in total. The molecule has 0 unspecified atom stereocenters. The van der Waals surface area contributed by atoms with Gasteiger partial charge in [0.05, 0.1) is 15.7 Å². The van der Waals surface area contributed by atoms with Gasteiger partial charge in [-0.15, -0.1) is 11.3 Å². The van der Waals surface area contributed by atoms with E-state index < -0.39 is 0 Å². The molecular weight excluding hydrogens is 464 g/mol. The van der Waals surface area contributed by atoms with Crippen molar-refractivity contribution in [2.45, 2.75) is 52.5 Å². The van der Waals surface area contributed by atoms with Crippen LogP contribution in [-0.4, -0.2) is 33.0 Å². The van der Waals surface area contributed by atoms with Crippen molar-refractivity contribution in [2.75, 3.05) is 23.3 Å². The monoisotopic (exact) mass is 494 g/mol. The molecule has 36 heavy (non-hydrogen) atoms. The Balaban J connectivity index is 1.35. The van der Waals surface area contributed by atoms with Gasteiger partial charge in [-0.2, -0.15) is 0 Å². The largest absolute Gasteiger partial charge is 0.365 e. The molecule has 0 radical (unpaired) electrons. The van der Waals surface area contributed by atoms with E-state index >= 15 is 0 Å². The molecule has 2 aliphatic rings. The summed E-state index contributed by atoms with van der Waals surface area (Å²) in [6.45, 7) is 7.71. The average Bonchev–Trinajstić information content (AvgIpc) is 3.55. The predicted octanol–water partition coefficient (Wildman–Crippen LogP) is 6.51. The lowest BCUT2D eigenvalue weighted by Gasteiger charge is -2.34. The fourth-order valence-corrected chi connectivity index (χ4v) is 7.11. The van der Waals surface area contributed by atoms with Gasteiger partial charge in [0.15, 0.2) is 0 Å². The maximum absolute atomic E-state index is 5.30. The number of anilines is 2. The van der Waals surface area contributed by atoms with Crippen LogP contribution in [0.4, 0.5) is 11.6 Å². The number of pyridine rings is 2. The fraction of sp³-hybridized carbons (Fsp3) is 0.379. The van der Waals surface area contributed by atoms with Crippen LogP contribution < -0.4 is 10.2 Å². The maximum Gasteiger partial charge on any atom is 0.147 e. The summed E-state index contributed by atoms with van der Waals surface area (Å²) in [4.78, 5) is 22.9. The van der Waals surface area contributed by atoms with Crippen LogP contribution in [0.2, 0.25) is 0 Å². The number of nitrogens with zero attached hydrogens (tertiary/aromatic N) is 5. The number of hydrogen-bond acceptors (Lipinski definition) is 7. The summed E-state index contributed by atoms with van der Waals surface area (Å²) in [5, 5.41) is 6.04. The first kappa shape index (κ1) is 21.9. The second kappa shape index (κ2) is 8.37. The Bertz CT molecular complexity index is 1610. The van der Waals surface area contributed by atoms with Crippen molar-refractivity contribution < 1.29 is 0 Å². The van der Waals surface area contributed by atoms with E-state index in [0.717, 1.165) is 52.3 Å². The molecule has 6 nitrogen and oxygen atoms in total. The zero-order chi connectivity index (χ0) is 24.3. The molecule has 1 fully saturated rings. The van der Waals surface area contributed by atoms with Crippen LogP contribution in [0.5, 0.6) is 0 Å². The molecule has 7 rings (SSSR count). The second-order valence-electron chi connectivity index (χ2n) is 11.0. The van der Waals surface area contributed by atoms with Gasteiger partial charge < -0.3 is 10.2 Å². The topological polar surface area (TPSA) is 66.8 Å². The molecule has 182 valence electrons. The van der Waals surface area contributed by atoms with Crippen LogP contribution in [0.1, 0.15) is 49.8 Å². The number of thiophene rings is 1. The lowest BCUT2D eigenvalue weighted by Crippen LogP contribution is -2.27. The van der Waals surface area contributed by atoms with E-state index in [4.69, 9.17) is 9.97 Å². The van der Waals surface area contributed by atoms with Crippen LogP contribution in [0, 0.1) is 5.41 Å². The van der Waals surface area contributed by atoms with E-state index in [2.05, 4.69) is 58.3 Å². The molecule has 0 saturated carbocycles. The highest BCUT2D eigenvalue weighted by Crippen LogP contribution is 2.46. The van der Waals surface area contributed by atoms with Crippen LogP contribution >= 0.6 is 11.3 Å². The first-order valence-electron chi connectivity index (χ1n) is 13.0. The van der Waals surface area contributed by atoms with Gasteiger partial charge in [-0.25, -0.2) is 15.0 Å². The molecular formula is C29H30N6S. The number of nitrogens with one attached hydrogen (secondary N) is 1. The molecule has 0 atom stereocenters. The van der Waals surface area contributed by atoms with Gasteiger partial charge in [-0.05, 0) is 66.3 Å². The van der Waals surface area contributed by atoms with Crippen molar-refractivity contribution >= 4 is 54.3 Å². The zero-order valence-corrected chi connectivity index (χ0v) is 21.7. The second-order valence-corrected chi connectivity index (χ2v) is 11.9. The summed E-state index contributed by atoms with van der Waals surface area (Å²) < 4.78 is 1.10. The SMILES string of the molecule is CC1(C)CCc2c(N3CCCC3)nc3sc4c(NCc5ccnc6ccccc56)ncnc4c3c2C1. The van der Waals surface area contributed by atoms with Gasteiger partial charge >= 0.3 is 0 Å². The molecule has 0 spiro atoms. The highest BCUT2D eigenvalue weighted by Gasteiger charge is 2.32. The van der Waals surface area contributed by atoms with Crippen LogP contribution in [-0.2, 0) is 19.4 Å². The number of rotatable bonds is 4. The van der Waals surface area contributed by atoms with Crippen LogP contribution in [0.15, 0.2) is 42.9 Å². The Hall–Kier alpha value is -3.32. The lowest BCUT2D eigenvalue weighted by molar-refractivity contribution is 0.316. The van der Waals surface area contributed by atoms with Crippen molar-refractivity contribution in [1.82, 2.24) is 19.9 Å². The van der Waals surface area contributed by atoms with Gasteiger partial charge in [0, 0.05) is 36.6 Å². The molecule has 1 saturated heterocycles. The molecule has 1 aliphatic heterocycles. The summed E-state index contributed by atoms with van der Waals surface area (Å²) in [5.41, 5.74) is 6.48. The summed E-state index contributed by atoms with van der Waals surface area (Å²) in [7, 11) is 0. The van der Waals surface area contributed by atoms with Gasteiger partial charge in [-0.3, -0.25) is 4.98 Å². The van der Waals surface area contributed by atoms with Crippen molar-refractivity contribution in [3.8, 4) is 0 Å². The molecule has 5 aromatic rings. The Morgan fingerprint density at radius 2 is 1.89 bits per heavy atom. The quantitative estimate of drug-likeness (QED) is 0.307. The third-order valence-electron chi connectivity index (χ3n) is 7.89. The molecule has 1 aliphatic carbocycles. The minimum Gasteiger partial charge on any atom is -0.365 e. The summed E-state index contributed by atoms with van der Waals surface area (Å²) in [6, 6.07) is 10.4. The minimum atomic E-state index is 0.286. The van der Waals surface area contributed by atoms with E-state index in [9.17, 15) is 0 Å². The standard InChI is InChI=1S/C29H30N6S/c1-29(2)11-9-20-21(15-29)23-24-25(36-28(23)34-27(20)35-13-5-6-14-35)26(33-17-32-24)31-16-18-10-12-30-22-8-4-3-7-19(18)22/h3-4,7-8,10,12,17H,5-6,9,11,13-16H2,1-2H3,(H,31,32,33). The van der Waals surface area contributed by atoms with E-state index in [0.29, 0.717) is 6.54 Å². The maximum atomic E-state index is 5.30. The Morgan fingerprint density at radius 1 is 1.03 bits per heavy atom. The normalized spacial score (nSPS) is 17.2. The summed E-state index contributed by atoms with van der Waals surface area (Å²) >= 11 is 1.74. The third-order valence-corrected chi connectivity index (χ3v) is 8.97. The average molecular weight is 495 g/mol. The highest BCUT2D eigenvalue weighted by atomic mass is 32.1. The first-order chi connectivity index (χ1) is 17.6. The highest BCUT2D eigenvalue weighted by molar-refractivity contribution is 7.26. The van der Waals surface area contributed by atoms with E-state index in [-0.39, 0.29) is 5.41 Å². The molecule has 0 amide bonds. The summed E-state index contributed by atoms with van der Waals surface area (Å²) in [5.74, 6) is 2.11. The minimum absolute atomic E-state index is 0.286. The lowest BCUT2D eigenvalue weighted by atomic mass is 9.73. The van der Waals surface area contributed by atoms with E-state index in [1.807, 2.05) is 12.3 Å². The third kappa shape index (κ3) is 3.60. The number of para-hydroxylation sites is 1.